The number of nitrogens with zero attached hydrogens (tertiary/aromatic N) is 3. The molecule has 1 heterocycles. The van der Waals surface area contributed by atoms with E-state index in [0.717, 1.165) is 25.0 Å². The topological polar surface area (TPSA) is 75.9 Å². The molecule has 1 saturated carbocycles. The van der Waals surface area contributed by atoms with E-state index < -0.39 is 16.7 Å². The second-order valence-electron chi connectivity index (χ2n) is 7.92. The number of carbonyl (C=O) groups is 1. The Hall–Kier alpha value is -3.14. The van der Waals surface area contributed by atoms with E-state index in [9.17, 15) is 28.1 Å². The van der Waals surface area contributed by atoms with Crippen LogP contribution in [0.1, 0.15) is 34.3 Å². The molecule has 32 heavy (non-hydrogen) atoms. The molecular formula is C22H22F3N3O4. The zero-order chi connectivity index (χ0) is 22.9. The summed E-state index contributed by atoms with van der Waals surface area (Å²) < 4.78 is 43.9. The van der Waals surface area contributed by atoms with Crippen molar-refractivity contribution in [3.8, 4) is 0 Å². The molecular weight excluding hydrogens is 427 g/mol. The van der Waals surface area contributed by atoms with Gasteiger partial charge in [-0.2, -0.15) is 13.2 Å². The molecule has 2 aromatic rings. The van der Waals surface area contributed by atoms with Gasteiger partial charge in [-0.3, -0.25) is 14.9 Å². The molecule has 4 rings (SSSR count). The summed E-state index contributed by atoms with van der Waals surface area (Å²) in [6.07, 6.45) is -2.86. The van der Waals surface area contributed by atoms with Gasteiger partial charge in [0.25, 0.3) is 11.6 Å². The predicted molar refractivity (Wildman–Crippen MR) is 110 cm³/mol. The average molecular weight is 449 g/mol. The van der Waals surface area contributed by atoms with Crippen molar-refractivity contribution < 1.29 is 27.6 Å². The lowest BCUT2D eigenvalue weighted by Gasteiger charge is -2.31. The number of halogens is 3. The van der Waals surface area contributed by atoms with Crippen LogP contribution in [0.3, 0.4) is 0 Å². The van der Waals surface area contributed by atoms with Crippen molar-refractivity contribution in [2.45, 2.75) is 31.6 Å². The maximum atomic E-state index is 13.6. The zero-order valence-corrected chi connectivity index (χ0v) is 17.2. The minimum Gasteiger partial charge on any atom is -0.378 e. The van der Waals surface area contributed by atoms with Gasteiger partial charge >= 0.3 is 6.18 Å². The van der Waals surface area contributed by atoms with E-state index in [4.69, 9.17) is 4.74 Å². The number of nitro benzene ring substituents is 1. The second kappa shape index (κ2) is 8.78. The van der Waals surface area contributed by atoms with Gasteiger partial charge in [0.1, 0.15) is 0 Å². The van der Waals surface area contributed by atoms with Gasteiger partial charge in [-0.05, 0) is 36.6 Å². The molecule has 0 bridgehead atoms. The van der Waals surface area contributed by atoms with Crippen molar-refractivity contribution in [3.05, 3.63) is 69.3 Å². The molecule has 1 saturated heterocycles. The van der Waals surface area contributed by atoms with Crippen LogP contribution in [0.2, 0.25) is 0 Å². The quantitative estimate of drug-likeness (QED) is 0.487. The molecule has 0 aromatic heterocycles. The van der Waals surface area contributed by atoms with Crippen LogP contribution in [-0.2, 0) is 17.5 Å². The van der Waals surface area contributed by atoms with Crippen molar-refractivity contribution in [1.82, 2.24) is 4.90 Å². The summed E-state index contributed by atoms with van der Waals surface area (Å²) in [5.74, 6) is -0.363. The number of hydrogen-bond donors (Lipinski definition) is 0. The molecule has 1 amide bonds. The maximum Gasteiger partial charge on any atom is 0.416 e. The summed E-state index contributed by atoms with van der Waals surface area (Å²) in [7, 11) is 0. The first-order valence-corrected chi connectivity index (χ1v) is 10.3. The van der Waals surface area contributed by atoms with Crippen LogP contribution >= 0.6 is 0 Å². The number of amides is 1. The third kappa shape index (κ3) is 4.85. The lowest BCUT2D eigenvalue weighted by Crippen LogP contribution is -2.39. The van der Waals surface area contributed by atoms with Crippen LogP contribution in [-0.4, -0.2) is 48.1 Å². The first-order valence-electron chi connectivity index (χ1n) is 10.3. The highest BCUT2D eigenvalue weighted by atomic mass is 19.4. The van der Waals surface area contributed by atoms with E-state index in [1.807, 2.05) is 4.90 Å². The number of alkyl halides is 3. The number of carbonyl (C=O) groups excluding carboxylic acids is 1. The molecule has 2 fully saturated rings. The van der Waals surface area contributed by atoms with Gasteiger partial charge in [0.2, 0.25) is 0 Å². The highest BCUT2D eigenvalue weighted by Crippen LogP contribution is 2.34. The Balaban J connectivity index is 1.64. The SMILES string of the molecule is O=C(c1cc([N+](=O)[O-])ccc1N1CCOCC1)N(Cc1ccc(C(F)(F)F)cc1)C1CC1. The number of hydrogen-bond acceptors (Lipinski definition) is 5. The molecule has 7 nitrogen and oxygen atoms in total. The maximum absolute atomic E-state index is 13.6. The van der Waals surface area contributed by atoms with E-state index in [1.54, 1.807) is 11.0 Å². The van der Waals surface area contributed by atoms with Crippen LogP contribution in [0.4, 0.5) is 24.5 Å². The van der Waals surface area contributed by atoms with Crippen molar-refractivity contribution in [2.75, 3.05) is 31.2 Å². The highest BCUT2D eigenvalue weighted by Gasteiger charge is 2.36. The fourth-order valence-electron chi connectivity index (χ4n) is 3.79. The fraction of sp³-hybridized carbons (Fsp3) is 0.409. The number of anilines is 1. The standard InChI is InChI=1S/C22H22F3N3O4/c23-22(24,25)16-3-1-15(2-4-16)14-27(17-5-6-17)21(29)19-13-18(28(30)31)7-8-20(19)26-9-11-32-12-10-26/h1-4,7-8,13,17H,5-6,9-12,14H2. The van der Waals surface area contributed by atoms with Gasteiger partial charge in [-0.1, -0.05) is 12.1 Å². The molecule has 1 aliphatic carbocycles. The summed E-state index contributed by atoms with van der Waals surface area (Å²) in [5.41, 5.74) is 0.452. The van der Waals surface area contributed by atoms with Crippen LogP contribution in [0.5, 0.6) is 0 Å². The average Bonchev–Trinajstić information content (AvgIpc) is 3.62. The smallest absolute Gasteiger partial charge is 0.378 e. The summed E-state index contributed by atoms with van der Waals surface area (Å²) >= 11 is 0. The summed E-state index contributed by atoms with van der Waals surface area (Å²) in [6.45, 7) is 2.22. The number of nitro groups is 1. The Morgan fingerprint density at radius 3 is 2.34 bits per heavy atom. The largest absolute Gasteiger partial charge is 0.416 e. The van der Waals surface area contributed by atoms with Gasteiger partial charge < -0.3 is 14.5 Å². The van der Waals surface area contributed by atoms with Crippen molar-refractivity contribution in [1.29, 1.82) is 0 Å². The lowest BCUT2D eigenvalue weighted by molar-refractivity contribution is -0.384. The van der Waals surface area contributed by atoms with Gasteiger partial charge in [-0.25, -0.2) is 0 Å². The van der Waals surface area contributed by atoms with Crippen LogP contribution in [0, 0.1) is 10.1 Å². The normalized spacial score (nSPS) is 16.7. The zero-order valence-electron chi connectivity index (χ0n) is 17.2. The van der Waals surface area contributed by atoms with Gasteiger partial charge in [0.05, 0.1) is 35.0 Å². The number of benzene rings is 2. The predicted octanol–water partition coefficient (Wildman–Crippen LogP) is 4.26. The highest BCUT2D eigenvalue weighted by molar-refractivity contribution is 6.01. The van der Waals surface area contributed by atoms with E-state index in [0.29, 0.717) is 37.6 Å². The molecule has 0 N–H and O–H groups in total. The van der Waals surface area contributed by atoms with Gasteiger partial charge in [0.15, 0.2) is 0 Å². The molecule has 0 spiro atoms. The molecule has 0 atom stereocenters. The van der Waals surface area contributed by atoms with Gasteiger partial charge in [0, 0.05) is 37.8 Å². The Labute approximate surface area is 182 Å². The molecule has 2 aliphatic rings. The Kier molecular flexibility index (Phi) is 6.05. The van der Waals surface area contributed by atoms with Crippen molar-refractivity contribution in [3.63, 3.8) is 0 Å². The minimum atomic E-state index is -4.43. The molecule has 1 aliphatic heterocycles. The van der Waals surface area contributed by atoms with Crippen molar-refractivity contribution >= 4 is 17.3 Å². The molecule has 10 heteroatoms. The van der Waals surface area contributed by atoms with E-state index in [2.05, 4.69) is 0 Å². The first kappa shape index (κ1) is 22.1. The lowest BCUT2D eigenvalue weighted by atomic mass is 10.1. The second-order valence-corrected chi connectivity index (χ2v) is 7.92. The number of rotatable bonds is 6. The number of morpholine rings is 1. The van der Waals surface area contributed by atoms with E-state index >= 15 is 0 Å². The minimum absolute atomic E-state index is 0.0402. The summed E-state index contributed by atoms with van der Waals surface area (Å²) in [5, 5.41) is 11.3. The van der Waals surface area contributed by atoms with E-state index in [-0.39, 0.29) is 29.7 Å². The monoisotopic (exact) mass is 449 g/mol. The Bertz CT molecular complexity index is 1000. The third-order valence-electron chi connectivity index (χ3n) is 5.66. The third-order valence-corrected chi connectivity index (χ3v) is 5.66. The van der Waals surface area contributed by atoms with E-state index in [1.165, 1.54) is 24.3 Å². The molecule has 0 radical (unpaired) electrons. The Morgan fingerprint density at radius 2 is 1.78 bits per heavy atom. The molecule has 0 unspecified atom stereocenters. The fourth-order valence-corrected chi connectivity index (χ4v) is 3.79. The van der Waals surface area contributed by atoms with Gasteiger partial charge in [-0.15, -0.1) is 0 Å². The summed E-state index contributed by atoms with van der Waals surface area (Å²) in [6, 6.07) is 8.92. The van der Waals surface area contributed by atoms with Crippen molar-refractivity contribution in [2.24, 2.45) is 0 Å². The number of ether oxygens (including phenoxy) is 1. The van der Waals surface area contributed by atoms with Crippen LogP contribution in [0.25, 0.3) is 0 Å². The number of non-ortho nitro benzene ring substituents is 1. The molecule has 2 aromatic carbocycles. The first-order chi connectivity index (χ1) is 15.2. The molecule has 170 valence electrons. The summed E-state index contributed by atoms with van der Waals surface area (Å²) in [4.78, 5) is 27.9. The Morgan fingerprint density at radius 1 is 1.12 bits per heavy atom. The van der Waals surface area contributed by atoms with Crippen LogP contribution < -0.4 is 4.90 Å². The van der Waals surface area contributed by atoms with Crippen LogP contribution in [0.15, 0.2) is 42.5 Å².